The molecule has 1 amide bonds. The van der Waals surface area contributed by atoms with Crippen LogP contribution in [0.3, 0.4) is 0 Å². The second-order valence-corrected chi connectivity index (χ2v) is 12.0. The molecule has 0 saturated heterocycles. The number of nitrogens with zero attached hydrogens (tertiary/aromatic N) is 4. The Morgan fingerprint density at radius 2 is 1.79 bits per heavy atom. The van der Waals surface area contributed by atoms with Crippen molar-refractivity contribution in [3.05, 3.63) is 59.8 Å². The molecule has 38 heavy (non-hydrogen) atoms. The van der Waals surface area contributed by atoms with Gasteiger partial charge in [-0.05, 0) is 101 Å². The molecule has 0 bridgehead atoms. The second-order valence-electron chi connectivity index (χ2n) is 12.0. The molecule has 0 N–H and O–H groups in total. The summed E-state index contributed by atoms with van der Waals surface area (Å²) in [7, 11) is 4.10. The van der Waals surface area contributed by atoms with Crippen LogP contribution in [0.4, 0.5) is 4.39 Å². The maximum absolute atomic E-state index is 14.4. The topological polar surface area (TPSA) is 41.4 Å². The van der Waals surface area contributed by atoms with Gasteiger partial charge in [0.2, 0.25) is 0 Å². The Kier molecular flexibility index (Phi) is 8.18. The molecule has 2 aromatic heterocycles. The molecule has 2 aliphatic rings. The third-order valence-corrected chi connectivity index (χ3v) is 9.21. The van der Waals surface area contributed by atoms with Crippen LogP contribution in [-0.2, 0) is 0 Å². The average Bonchev–Trinajstić information content (AvgIpc) is 3.32. The minimum Gasteiger partial charge on any atom is -0.339 e. The van der Waals surface area contributed by atoms with E-state index in [1.54, 1.807) is 18.0 Å². The minimum absolute atomic E-state index is 0.0173. The summed E-state index contributed by atoms with van der Waals surface area (Å²) >= 11 is 0. The predicted molar refractivity (Wildman–Crippen MR) is 152 cm³/mol. The zero-order valence-electron chi connectivity index (χ0n) is 23.5. The summed E-state index contributed by atoms with van der Waals surface area (Å²) < 4.78 is 16.4. The normalized spacial score (nSPS) is 20.9. The first-order valence-corrected chi connectivity index (χ1v) is 14.6. The van der Waals surface area contributed by atoms with Crippen LogP contribution in [0.15, 0.2) is 42.9 Å². The van der Waals surface area contributed by atoms with E-state index in [4.69, 9.17) is 0 Å². The molecule has 1 aromatic carbocycles. The fourth-order valence-corrected chi connectivity index (χ4v) is 6.69. The molecule has 2 heterocycles. The van der Waals surface area contributed by atoms with Gasteiger partial charge in [-0.2, -0.15) is 0 Å². The molecule has 5 rings (SSSR count). The monoisotopic (exact) mass is 518 g/mol. The quantitative estimate of drug-likeness (QED) is 0.333. The Labute approximate surface area is 227 Å². The number of hydrogen-bond acceptors (Lipinski definition) is 3. The molecule has 6 heteroatoms. The van der Waals surface area contributed by atoms with Gasteiger partial charge in [0, 0.05) is 43.5 Å². The molecule has 0 unspecified atom stereocenters. The summed E-state index contributed by atoms with van der Waals surface area (Å²) in [5.41, 5.74) is 3.36. The van der Waals surface area contributed by atoms with Gasteiger partial charge < -0.3 is 14.4 Å². The highest BCUT2D eigenvalue weighted by Gasteiger charge is 2.29. The largest absolute Gasteiger partial charge is 0.339 e. The zero-order valence-corrected chi connectivity index (χ0v) is 23.5. The molecule has 2 aliphatic carbocycles. The lowest BCUT2D eigenvalue weighted by molar-refractivity contribution is 0.0754. The summed E-state index contributed by atoms with van der Waals surface area (Å²) in [4.78, 5) is 22.1. The van der Waals surface area contributed by atoms with Gasteiger partial charge in [-0.25, -0.2) is 4.39 Å². The number of halogens is 1. The number of carbonyl (C=O) groups excluding carboxylic acids is 1. The first-order chi connectivity index (χ1) is 18.3. The van der Waals surface area contributed by atoms with E-state index in [1.807, 2.05) is 26.2 Å². The van der Waals surface area contributed by atoms with E-state index >= 15 is 0 Å². The van der Waals surface area contributed by atoms with Crippen LogP contribution in [0, 0.1) is 11.7 Å². The van der Waals surface area contributed by atoms with Crippen LogP contribution >= 0.6 is 0 Å². The van der Waals surface area contributed by atoms with E-state index in [1.165, 1.54) is 74.6 Å². The number of pyridine rings is 1. The summed E-state index contributed by atoms with van der Waals surface area (Å²) in [6, 6.07) is 7.31. The molecule has 0 atom stereocenters. The molecule has 0 aliphatic heterocycles. The average molecular weight is 519 g/mol. The van der Waals surface area contributed by atoms with E-state index in [2.05, 4.69) is 33.8 Å². The van der Waals surface area contributed by atoms with Crippen molar-refractivity contribution in [2.24, 2.45) is 5.92 Å². The molecule has 3 aromatic rings. The van der Waals surface area contributed by atoms with Crippen molar-refractivity contribution < 1.29 is 9.18 Å². The molecule has 2 saturated carbocycles. The number of hydrogen-bond donors (Lipinski definition) is 0. The SMILES string of the molecule is CC(C)N(C)C(=O)c1cc(F)ccc1-n1cc(C2CCC(N(C)CC3CCCCC3)CC2)c2ccncc21. The van der Waals surface area contributed by atoms with Crippen LogP contribution in [-0.4, -0.2) is 58.0 Å². The van der Waals surface area contributed by atoms with Crippen LogP contribution < -0.4 is 0 Å². The summed E-state index contributed by atoms with van der Waals surface area (Å²) in [6.45, 7) is 5.17. The highest BCUT2D eigenvalue weighted by atomic mass is 19.1. The van der Waals surface area contributed by atoms with Gasteiger partial charge in [-0.1, -0.05) is 19.3 Å². The lowest BCUT2D eigenvalue weighted by Crippen LogP contribution is -2.38. The Morgan fingerprint density at radius 3 is 2.50 bits per heavy atom. The van der Waals surface area contributed by atoms with Crippen molar-refractivity contribution >= 4 is 16.8 Å². The second kappa shape index (κ2) is 11.6. The Balaban J connectivity index is 1.40. The van der Waals surface area contributed by atoms with E-state index in [0.717, 1.165) is 24.3 Å². The lowest BCUT2D eigenvalue weighted by atomic mass is 9.80. The number of amides is 1. The van der Waals surface area contributed by atoms with E-state index in [9.17, 15) is 9.18 Å². The smallest absolute Gasteiger partial charge is 0.256 e. The Hall–Kier alpha value is -2.73. The fourth-order valence-electron chi connectivity index (χ4n) is 6.69. The van der Waals surface area contributed by atoms with Crippen molar-refractivity contribution in [1.29, 1.82) is 0 Å². The molecule has 204 valence electrons. The van der Waals surface area contributed by atoms with Gasteiger partial charge in [-0.3, -0.25) is 9.78 Å². The maximum atomic E-state index is 14.4. The maximum Gasteiger partial charge on any atom is 0.256 e. The molecular weight excluding hydrogens is 475 g/mol. The Bertz CT molecular complexity index is 1250. The molecule has 0 radical (unpaired) electrons. The van der Waals surface area contributed by atoms with Crippen LogP contribution in [0.5, 0.6) is 0 Å². The van der Waals surface area contributed by atoms with E-state index < -0.39 is 5.82 Å². The molecule has 2 fully saturated rings. The molecular formula is C32H43FN4O. The van der Waals surface area contributed by atoms with Crippen molar-refractivity contribution in [3.8, 4) is 5.69 Å². The zero-order chi connectivity index (χ0) is 26.8. The van der Waals surface area contributed by atoms with E-state index in [-0.39, 0.29) is 11.9 Å². The van der Waals surface area contributed by atoms with Gasteiger partial charge in [0.15, 0.2) is 0 Å². The number of fused-ring (bicyclic) bond motifs is 1. The van der Waals surface area contributed by atoms with Gasteiger partial charge in [0.25, 0.3) is 5.91 Å². The van der Waals surface area contributed by atoms with Gasteiger partial charge >= 0.3 is 0 Å². The van der Waals surface area contributed by atoms with Crippen LogP contribution in [0.2, 0.25) is 0 Å². The summed E-state index contributed by atoms with van der Waals surface area (Å²) in [5.74, 6) is 0.765. The number of benzene rings is 1. The Morgan fingerprint density at radius 1 is 1.05 bits per heavy atom. The van der Waals surface area contributed by atoms with Gasteiger partial charge in [0.1, 0.15) is 5.82 Å². The number of rotatable bonds is 7. The highest BCUT2D eigenvalue weighted by Crippen LogP contribution is 2.40. The van der Waals surface area contributed by atoms with Crippen molar-refractivity contribution in [1.82, 2.24) is 19.4 Å². The van der Waals surface area contributed by atoms with Gasteiger partial charge in [0.05, 0.1) is 23.0 Å². The fraction of sp³-hybridized carbons (Fsp3) is 0.562. The standard InChI is InChI=1S/C32H43FN4O/c1-22(2)36(4)32(38)28-18-25(33)12-15-30(28)37-21-29(27-16-17-34-19-31(27)37)24-10-13-26(14-11-24)35(3)20-23-8-6-5-7-9-23/h12,15-19,21-24,26H,5-11,13-14,20H2,1-4H3. The first-order valence-electron chi connectivity index (χ1n) is 14.6. The summed E-state index contributed by atoms with van der Waals surface area (Å²) in [5, 5.41) is 1.18. The van der Waals surface area contributed by atoms with Crippen molar-refractivity contribution in [2.45, 2.75) is 89.6 Å². The molecule has 0 spiro atoms. The first kappa shape index (κ1) is 26.9. The third kappa shape index (κ3) is 5.51. The number of aromatic nitrogens is 2. The predicted octanol–water partition coefficient (Wildman–Crippen LogP) is 7.18. The van der Waals surface area contributed by atoms with Crippen molar-refractivity contribution in [2.75, 3.05) is 20.6 Å². The molecule has 5 nitrogen and oxygen atoms in total. The van der Waals surface area contributed by atoms with Gasteiger partial charge in [-0.15, -0.1) is 0 Å². The summed E-state index contributed by atoms with van der Waals surface area (Å²) in [6.07, 6.45) is 17.7. The lowest BCUT2D eigenvalue weighted by Gasteiger charge is -2.37. The van der Waals surface area contributed by atoms with Crippen LogP contribution in [0.25, 0.3) is 16.6 Å². The third-order valence-electron chi connectivity index (χ3n) is 9.21. The van der Waals surface area contributed by atoms with E-state index in [0.29, 0.717) is 23.2 Å². The number of carbonyl (C=O) groups is 1. The highest BCUT2D eigenvalue weighted by molar-refractivity contribution is 5.99. The van der Waals surface area contributed by atoms with Crippen LogP contribution in [0.1, 0.15) is 93.5 Å². The van der Waals surface area contributed by atoms with Crippen molar-refractivity contribution in [3.63, 3.8) is 0 Å². The minimum atomic E-state index is -0.403.